The number of benzene rings is 2. The van der Waals surface area contributed by atoms with Crippen molar-refractivity contribution in [2.24, 2.45) is 0 Å². The molecule has 0 aliphatic carbocycles. The Hall–Kier alpha value is -2.58. The lowest BCUT2D eigenvalue weighted by Gasteiger charge is -2.17. The number of nitrogens with one attached hydrogen (secondary N) is 1. The highest BCUT2D eigenvalue weighted by Gasteiger charge is 2.22. The zero-order chi connectivity index (χ0) is 19.9. The topological polar surface area (TPSA) is 84.9 Å². The minimum atomic E-state index is -3.69. The second-order valence-corrected chi connectivity index (χ2v) is 7.91. The Morgan fingerprint density at radius 3 is 2.33 bits per heavy atom. The van der Waals surface area contributed by atoms with Crippen molar-refractivity contribution >= 4 is 15.9 Å². The van der Waals surface area contributed by atoms with Crippen LogP contribution in [0.2, 0.25) is 0 Å². The second kappa shape index (κ2) is 9.38. The van der Waals surface area contributed by atoms with Gasteiger partial charge in [0.1, 0.15) is 0 Å². The number of rotatable bonds is 9. The van der Waals surface area contributed by atoms with Crippen LogP contribution < -0.4 is 14.8 Å². The lowest BCUT2D eigenvalue weighted by Crippen LogP contribution is -2.39. The summed E-state index contributed by atoms with van der Waals surface area (Å²) in [4.78, 5) is 12.2. The van der Waals surface area contributed by atoms with E-state index >= 15 is 0 Å². The number of carbonyl (C=O) groups excluding carboxylic acids is 1. The summed E-state index contributed by atoms with van der Waals surface area (Å²) in [5, 5.41) is 2.73. The summed E-state index contributed by atoms with van der Waals surface area (Å²) >= 11 is 0. The van der Waals surface area contributed by atoms with Gasteiger partial charge in [-0.3, -0.25) is 4.79 Å². The molecular formula is C19H24N2O5S. The van der Waals surface area contributed by atoms with Crippen molar-refractivity contribution in [1.29, 1.82) is 0 Å². The third-order valence-electron chi connectivity index (χ3n) is 4.00. The Kier molecular flexibility index (Phi) is 7.20. The smallest absolute Gasteiger partial charge is 0.243 e. The molecular weight excluding hydrogens is 368 g/mol. The number of likely N-dealkylation sites (N-methyl/N-ethyl adjacent to an activating group) is 1. The van der Waals surface area contributed by atoms with Gasteiger partial charge >= 0.3 is 0 Å². The average molecular weight is 392 g/mol. The van der Waals surface area contributed by atoms with E-state index in [9.17, 15) is 13.2 Å². The van der Waals surface area contributed by atoms with Crippen LogP contribution in [0.1, 0.15) is 5.56 Å². The molecule has 0 heterocycles. The van der Waals surface area contributed by atoms with E-state index in [0.29, 0.717) is 24.5 Å². The maximum atomic E-state index is 12.4. The van der Waals surface area contributed by atoms with Crippen molar-refractivity contribution in [1.82, 2.24) is 9.62 Å². The largest absolute Gasteiger partial charge is 0.493 e. The fourth-order valence-corrected chi connectivity index (χ4v) is 3.65. The highest BCUT2D eigenvalue weighted by molar-refractivity contribution is 7.89. The van der Waals surface area contributed by atoms with Crippen molar-refractivity contribution in [3.8, 4) is 11.5 Å². The molecule has 1 N–H and O–H groups in total. The van der Waals surface area contributed by atoms with E-state index in [4.69, 9.17) is 9.47 Å². The van der Waals surface area contributed by atoms with Gasteiger partial charge in [-0.25, -0.2) is 8.42 Å². The molecule has 146 valence electrons. The van der Waals surface area contributed by atoms with E-state index < -0.39 is 10.0 Å². The molecule has 0 saturated carbocycles. The van der Waals surface area contributed by atoms with Crippen molar-refractivity contribution < 1.29 is 22.7 Å². The first kappa shape index (κ1) is 20.7. The third kappa shape index (κ3) is 5.45. The van der Waals surface area contributed by atoms with Crippen LogP contribution in [0.25, 0.3) is 0 Å². The SMILES string of the molecule is COc1ccc(CCNC(=O)CN(C)S(=O)(=O)c2ccccc2)cc1OC. The molecule has 0 bridgehead atoms. The Labute approximate surface area is 160 Å². The molecule has 2 rings (SSSR count). The molecule has 0 aromatic heterocycles. The van der Waals surface area contributed by atoms with E-state index in [1.54, 1.807) is 38.5 Å². The van der Waals surface area contributed by atoms with Gasteiger partial charge in [0.05, 0.1) is 25.7 Å². The second-order valence-electron chi connectivity index (χ2n) is 5.86. The van der Waals surface area contributed by atoms with Crippen molar-refractivity contribution in [3.05, 3.63) is 54.1 Å². The molecule has 0 unspecified atom stereocenters. The Morgan fingerprint density at radius 2 is 1.70 bits per heavy atom. The molecule has 8 heteroatoms. The highest BCUT2D eigenvalue weighted by Crippen LogP contribution is 2.27. The quantitative estimate of drug-likeness (QED) is 0.702. The number of carbonyl (C=O) groups is 1. The Morgan fingerprint density at radius 1 is 1.04 bits per heavy atom. The molecule has 2 aromatic rings. The summed E-state index contributed by atoms with van der Waals surface area (Å²) in [5.74, 6) is 0.894. The van der Waals surface area contributed by atoms with Gasteiger partial charge in [0, 0.05) is 13.6 Å². The van der Waals surface area contributed by atoms with Crippen LogP contribution in [-0.2, 0) is 21.2 Å². The van der Waals surface area contributed by atoms with Crippen LogP contribution in [0.5, 0.6) is 11.5 Å². The van der Waals surface area contributed by atoms with Crippen LogP contribution in [0.15, 0.2) is 53.4 Å². The molecule has 0 fully saturated rings. The van der Waals surface area contributed by atoms with Gasteiger partial charge in [0.15, 0.2) is 11.5 Å². The van der Waals surface area contributed by atoms with E-state index in [2.05, 4.69) is 5.32 Å². The zero-order valence-corrected chi connectivity index (χ0v) is 16.5. The Bertz CT molecular complexity index is 869. The fraction of sp³-hybridized carbons (Fsp3) is 0.316. The number of methoxy groups -OCH3 is 2. The standard InChI is InChI=1S/C19H24N2O5S/c1-21(27(23,24)16-7-5-4-6-8-16)14-19(22)20-12-11-15-9-10-17(25-2)18(13-15)26-3/h4-10,13H,11-12,14H2,1-3H3,(H,20,22). The molecule has 0 atom stereocenters. The summed E-state index contributed by atoms with van der Waals surface area (Å²) < 4.78 is 36.3. The van der Waals surface area contributed by atoms with Crippen LogP contribution in [0.4, 0.5) is 0 Å². The average Bonchev–Trinajstić information content (AvgIpc) is 2.68. The van der Waals surface area contributed by atoms with Crippen LogP contribution in [-0.4, -0.2) is 53.0 Å². The molecule has 0 radical (unpaired) electrons. The molecule has 0 aliphatic heterocycles. The maximum Gasteiger partial charge on any atom is 0.243 e. The highest BCUT2D eigenvalue weighted by atomic mass is 32.2. The number of nitrogens with zero attached hydrogens (tertiary/aromatic N) is 1. The van der Waals surface area contributed by atoms with Crippen LogP contribution in [0.3, 0.4) is 0 Å². The lowest BCUT2D eigenvalue weighted by atomic mass is 10.1. The van der Waals surface area contributed by atoms with E-state index in [1.807, 2.05) is 12.1 Å². The predicted molar refractivity (Wildman–Crippen MR) is 103 cm³/mol. The molecule has 7 nitrogen and oxygen atoms in total. The normalized spacial score (nSPS) is 11.3. The van der Waals surface area contributed by atoms with Crippen LogP contribution in [0, 0.1) is 0 Å². The van der Waals surface area contributed by atoms with Gasteiger partial charge < -0.3 is 14.8 Å². The Balaban J connectivity index is 1.87. The molecule has 0 aliphatic rings. The van der Waals surface area contributed by atoms with E-state index in [0.717, 1.165) is 9.87 Å². The minimum absolute atomic E-state index is 0.158. The minimum Gasteiger partial charge on any atom is -0.493 e. The van der Waals surface area contributed by atoms with Gasteiger partial charge in [-0.05, 0) is 36.2 Å². The number of ether oxygens (including phenoxy) is 2. The van der Waals surface area contributed by atoms with Crippen molar-refractivity contribution in [2.75, 3.05) is 34.4 Å². The number of amides is 1. The molecule has 27 heavy (non-hydrogen) atoms. The lowest BCUT2D eigenvalue weighted by molar-refractivity contribution is -0.121. The summed E-state index contributed by atoms with van der Waals surface area (Å²) in [6.07, 6.45) is 0.585. The molecule has 0 spiro atoms. The third-order valence-corrected chi connectivity index (χ3v) is 5.82. The number of hydrogen-bond donors (Lipinski definition) is 1. The van der Waals surface area contributed by atoms with Gasteiger partial charge in [-0.1, -0.05) is 24.3 Å². The zero-order valence-electron chi connectivity index (χ0n) is 15.6. The number of hydrogen-bond acceptors (Lipinski definition) is 5. The predicted octanol–water partition coefficient (Wildman–Crippen LogP) is 1.68. The molecule has 0 saturated heterocycles. The number of sulfonamides is 1. The first-order valence-corrected chi connectivity index (χ1v) is 9.81. The molecule has 2 aromatic carbocycles. The van der Waals surface area contributed by atoms with Gasteiger partial charge in [-0.2, -0.15) is 4.31 Å². The van der Waals surface area contributed by atoms with Gasteiger partial charge in [-0.15, -0.1) is 0 Å². The first-order valence-electron chi connectivity index (χ1n) is 8.37. The van der Waals surface area contributed by atoms with Gasteiger partial charge in [0.25, 0.3) is 0 Å². The van der Waals surface area contributed by atoms with E-state index in [-0.39, 0.29) is 17.3 Å². The molecule has 1 amide bonds. The van der Waals surface area contributed by atoms with Crippen LogP contribution >= 0.6 is 0 Å². The van der Waals surface area contributed by atoms with Crippen molar-refractivity contribution in [2.45, 2.75) is 11.3 Å². The fourth-order valence-electron chi connectivity index (χ4n) is 2.50. The summed E-state index contributed by atoms with van der Waals surface area (Å²) in [6.45, 7) is 0.136. The van der Waals surface area contributed by atoms with Gasteiger partial charge in [0.2, 0.25) is 15.9 Å². The van der Waals surface area contributed by atoms with E-state index in [1.165, 1.54) is 19.2 Å². The first-order chi connectivity index (χ1) is 12.9. The summed E-state index contributed by atoms with van der Waals surface area (Å²) in [5.41, 5.74) is 0.971. The van der Waals surface area contributed by atoms with Crippen molar-refractivity contribution in [3.63, 3.8) is 0 Å². The summed E-state index contributed by atoms with van der Waals surface area (Å²) in [6, 6.07) is 13.6. The maximum absolute atomic E-state index is 12.4. The monoisotopic (exact) mass is 392 g/mol. The summed E-state index contributed by atoms with van der Waals surface area (Å²) in [7, 11) is 0.828.